The zero-order chi connectivity index (χ0) is 15.2. The normalized spacial score (nSPS) is 16.6. The van der Waals surface area contributed by atoms with Crippen LogP contribution in [0, 0.1) is 20.8 Å². The summed E-state index contributed by atoms with van der Waals surface area (Å²) in [6, 6.07) is 0. The van der Waals surface area contributed by atoms with E-state index in [4.69, 9.17) is 16.3 Å². The lowest BCUT2D eigenvalue weighted by Crippen LogP contribution is -2.50. The Hall–Kier alpha value is -0.740. The number of alkyl halides is 1. The summed E-state index contributed by atoms with van der Waals surface area (Å²) in [5, 5.41) is 0.990. The molecule has 0 aliphatic carbocycles. The maximum Gasteiger partial charge on any atom is 0.237 e. The Bertz CT molecular complexity index is 584. The summed E-state index contributed by atoms with van der Waals surface area (Å²) in [6.45, 7) is 10.4. The summed E-state index contributed by atoms with van der Waals surface area (Å²) in [4.78, 5) is 14.0. The van der Waals surface area contributed by atoms with Crippen LogP contribution in [-0.2, 0) is 4.79 Å². The van der Waals surface area contributed by atoms with E-state index in [1.807, 2.05) is 34.6 Å². The van der Waals surface area contributed by atoms with Crippen molar-refractivity contribution in [1.82, 2.24) is 0 Å². The Labute approximate surface area is 133 Å². The van der Waals surface area contributed by atoms with E-state index in [0.717, 1.165) is 28.1 Å². The second-order valence-electron chi connectivity index (χ2n) is 5.84. The molecule has 1 aliphatic rings. The molecule has 0 radical (unpaired) electrons. The maximum absolute atomic E-state index is 12.3. The first-order chi connectivity index (χ1) is 9.19. The highest BCUT2D eigenvalue weighted by molar-refractivity contribution is 9.09. The van der Waals surface area contributed by atoms with Gasteiger partial charge >= 0.3 is 0 Å². The summed E-state index contributed by atoms with van der Waals surface area (Å²) in [6.07, 6.45) is 0. The van der Waals surface area contributed by atoms with Crippen LogP contribution < -0.4 is 9.64 Å². The second kappa shape index (κ2) is 5.23. The number of carbonyl (C=O) groups excluding carboxylic acids is 1. The summed E-state index contributed by atoms with van der Waals surface area (Å²) in [5.74, 6) is 0.792. The molecule has 0 aromatic heterocycles. The Morgan fingerprint density at radius 1 is 1.30 bits per heavy atom. The molecule has 5 heteroatoms. The third kappa shape index (κ3) is 2.44. The monoisotopic (exact) mass is 359 g/mol. The summed E-state index contributed by atoms with van der Waals surface area (Å²) >= 11 is 9.65. The van der Waals surface area contributed by atoms with Crippen molar-refractivity contribution in [1.29, 1.82) is 0 Å². The fourth-order valence-corrected chi connectivity index (χ4v) is 3.11. The van der Waals surface area contributed by atoms with Gasteiger partial charge in [-0.1, -0.05) is 27.5 Å². The first-order valence-corrected chi connectivity index (χ1v) is 8.04. The molecule has 0 spiro atoms. The zero-order valence-electron chi connectivity index (χ0n) is 12.4. The van der Waals surface area contributed by atoms with Gasteiger partial charge in [0.15, 0.2) is 0 Å². The van der Waals surface area contributed by atoms with Crippen molar-refractivity contribution in [2.45, 2.75) is 40.2 Å². The SMILES string of the molecule is Cc1c(C)c2c(c(C)c1Cl)N(C(=O)CBr)CC(C)(C)O2. The summed E-state index contributed by atoms with van der Waals surface area (Å²) < 4.78 is 6.12. The number of rotatable bonds is 1. The fourth-order valence-electron chi connectivity index (χ4n) is 2.57. The largest absolute Gasteiger partial charge is 0.484 e. The van der Waals surface area contributed by atoms with Gasteiger partial charge in [0.05, 0.1) is 17.6 Å². The zero-order valence-corrected chi connectivity index (χ0v) is 14.8. The number of carbonyl (C=O) groups is 1. The Kier molecular flexibility index (Phi) is 4.09. The topological polar surface area (TPSA) is 29.5 Å². The number of anilines is 1. The lowest BCUT2D eigenvalue weighted by Gasteiger charge is -2.41. The average molecular weight is 361 g/mol. The molecule has 0 atom stereocenters. The van der Waals surface area contributed by atoms with Crippen LogP contribution in [-0.4, -0.2) is 23.4 Å². The number of ether oxygens (including phenoxy) is 1. The van der Waals surface area contributed by atoms with Crippen molar-refractivity contribution in [3.8, 4) is 5.75 Å². The van der Waals surface area contributed by atoms with Gasteiger partial charge < -0.3 is 9.64 Å². The van der Waals surface area contributed by atoms with Crippen LogP contribution in [0.3, 0.4) is 0 Å². The average Bonchev–Trinajstić information content (AvgIpc) is 2.40. The van der Waals surface area contributed by atoms with Gasteiger partial charge in [-0.05, 0) is 51.3 Å². The third-order valence-electron chi connectivity index (χ3n) is 3.73. The minimum atomic E-state index is -0.414. The molecule has 20 heavy (non-hydrogen) atoms. The molecule has 0 N–H and O–H groups in total. The molecular formula is C15H19BrClNO2. The van der Waals surface area contributed by atoms with Crippen LogP contribution in [0.2, 0.25) is 5.02 Å². The van der Waals surface area contributed by atoms with E-state index in [1.54, 1.807) is 4.90 Å². The van der Waals surface area contributed by atoms with E-state index < -0.39 is 5.60 Å². The fraction of sp³-hybridized carbons (Fsp3) is 0.533. The Morgan fingerprint density at radius 3 is 2.45 bits per heavy atom. The highest BCUT2D eigenvalue weighted by Crippen LogP contribution is 2.46. The van der Waals surface area contributed by atoms with Crippen LogP contribution >= 0.6 is 27.5 Å². The number of nitrogens with zero attached hydrogens (tertiary/aromatic N) is 1. The Balaban J connectivity index is 2.74. The van der Waals surface area contributed by atoms with Gasteiger partial charge in [-0.25, -0.2) is 0 Å². The summed E-state index contributed by atoms with van der Waals surface area (Å²) in [7, 11) is 0. The smallest absolute Gasteiger partial charge is 0.237 e. The van der Waals surface area contributed by atoms with Crippen molar-refractivity contribution in [2.24, 2.45) is 0 Å². The number of hydrogen-bond donors (Lipinski definition) is 0. The van der Waals surface area contributed by atoms with E-state index in [1.165, 1.54) is 0 Å². The van der Waals surface area contributed by atoms with Crippen LogP contribution in [0.15, 0.2) is 0 Å². The second-order valence-corrected chi connectivity index (χ2v) is 6.78. The minimum Gasteiger partial charge on any atom is -0.484 e. The molecule has 1 aliphatic heterocycles. The van der Waals surface area contributed by atoms with Gasteiger partial charge in [-0.15, -0.1) is 0 Å². The van der Waals surface area contributed by atoms with Gasteiger partial charge in [0.25, 0.3) is 0 Å². The van der Waals surface area contributed by atoms with Crippen LogP contribution in [0.4, 0.5) is 5.69 Å². The minimum absolute atomic E-state index is 0.0186. The van der Waals surface area contributed by atoms with Crippen molar-refractivity contribution in [3.63, 3.8) is 0 Å². The molecule has 1 heterocycles. The van der Waals surface area contributed by atoms with Crippen LogP contribution in [0.5, 0.6) is 5.75 Å². The van der Waals surface area contributed by atoms with Gasteiger partial charge in [-0.2, -0.15) is 0 Å². The third-order valence-corrected chi connectivity index (χ3v) is 4.78. The number of fused-ring (bicyclic) bond motifs is 1. The van der Waals surface area contributed by atoms with E-state index in [9.17, 15) is 4.79 Å². The van der Waals surface area contributed by atoms with Crippen LogP contribution in [0.25, 0.3) is 0 Å². The molecule has 1 amide bonds. The molecule has 0 unspecified atom stereocenters. The number of halogens is 2. The van der Waals surface area contributed by atoms with Crippen molar-refractivity contribution < 1.29 is 9.53 Å². The molecule has 0 bridgehead atoms. The molecule has 0 saturated heterocycles. The highest BCUT2D eigenvalue weighted by atomic mass is 79.9. The number of benzene rings is 1. The van der Waals surface area contributed by atoms with Gasteiger partial charge in [-0.3, -0.25) is 4.79 Å². The molecule has 1 aromatic rings. The molecule has 0 saturated carbocycles. The molecule has 3 nitrogen and oxygen atoms in total. The summed E-state index contributed by atoms with van der Waals surface area (Å²) in [5.41, 5.74) is 3.29. The van der Waals surface area contributed by atoms with Crippen molar-refractivity contribution in [3.05, 3.63) is 21.7 Å². The molecular weight excluding hydrogens is 342 g/mol. The van der Waals surface area contributed by atoms with E-state index in [-0.39, 0.29) is 11.2 Å². The highest BCUT2D eigenvalue weighted by Gasteiger charge is 2.37. The van der Waals surface area contributed by atoms with Crippen LogP contribution in [0.1, 0.15) is 30.5 Å². The standard InChI is InChI=1S/C15H19BrClNO2/c1-8-9(2)14-13(10(3)12(8)17)18(11(19)6-16)7-15(4,5)20-14/h6-7H2,1-5H3. The van der Waals surface area contributed by atoms with Crippen molar-refractivity contribution >= 4 is 39.1 Å². The van der Waals surface area contributed by atoms with E-state index in [2.05, 4.69) is 15.9 Å². The molecule has 0 fully saturated rings. The van der Waals surface area contributed by atoms with E-state index >= 15 is 0 Å². The first kappa shape index (κ1) is 15.6. The number of amides is 1. The maximum atomic E-state index is 12.3. The van der Waals surface area contributed by atoms with Gasteiger partial charge in [0.2, 0.25) is 5.91 Å². The molecule has 110 valence electrons. The predicted molar refractivity (Wildman–Crippen MR) is 86.5 cm³/mol. The predicted octanol–water partition coefficient (Wildman–Crippen LogP) is 4.16. The lowest BCUT2D eigenvalue weighted by molar-refractivity contribution is -0.117. The number of hydrogen-bond acceptors (Lipinski definition) is 2. The lowest BCUT2D eigenvalue weighted by atomic mass is 9.97. The Morgan fingerprint density at radius 2 is 1.90 bits per heavy atom. The van der Waals surface area contributed by atoms with Crippen molar-refractivity contribution in [2.75, 3.05) is 16.8 Å². The molecule has 2 rings (SSSR count). The quantitative estimate of drug-likeness (QED) is 0.704. The molecule has 1 aromatic carbocycles. The van der Waals surface area contributed by atoms with Gasteiger partial charge in [0, 0.05) is 5.02 Å². The van der Waals surface area contributed by atoms with E-state index in [0.29, 0.717) is 11.6 Å². The first-order valence-electron chi connectivity index (χ1n) is 6.54. The van der Waals surface area contributed by atoms with Gasteiger partial charge in [0.1, 0.15) is 11.4 Å².